The molecule has 4 rings (SSSR count). The fraction of sp³-hybridized carbons (Fsp3) is 0.818. The molecule has 1 N–H and O–H groups in total. The Balaban J connectivity index is 1.74. The molecule has 3 saturated carbocycles. The smallest absolute Gasteiger partial charge is 0.302 e. The molecule has 4 nitrogen and oxygen atoms in total. The molecule has 26 heavy (non-hydrogen) atoms. The fourth-order valence-electron chi connectivity index (χ4n) is 7.22. The van der Waals surface area contributed by atoms with Crippen molar-refractivity contribution in [3.63, 3.8) is 0 Å². The molecule has 0 unspecified atom stereocenters. The van der Waals surface area contributed by atoms with Gasteiger partial charge in [-0.1, -0.05) is 19.4 Å². The molecule has 0 spiro atoms. The van der Waals surface area contributed by atoms with Gasteiger partial charge in [0.2, 0.25) is 0 Å². The summed E-state index contributed by atoms with van der Waals surface area (Å²) < 4.78 is 5.59. The lowest BCUT2D eigenvalue weighted by atomic mass is 9.45. The maximum atomic E-state index is 12.2. The standard InChI is InChI=1S/C22H32O4/c1-13-10-16-17-4-5-20(25)21(17,3)8-7-18(16)22(12-26-14(2)23)9-6-15(24)11-19(13)22/h11,13,16-18,20,25H,4-10,12H2,1-3H3/t13-,16-,17-,18-,20-,21-,22-/m0/s1. The molecule has 7 atom stereocenters. The van der Waals surface area contributed by atoms with Crippen LogP contribution in [0.1, 0.15) is 65.7 Å². The first-order valence-electron chi connectivity index (χ1n) is 10.3. The molecule has 0 radical (unpaired) electrons. The zero-order valence-electron chi connectivity index (χ0n) is 16.3. The Bertz CT molecular complexity index is 653. The average molecular weight is 360 g/mol. The van der Waals surface area contributed by atoms with E-state index in [4.69, 9.17) is 4.74 Å². The van der Waals surface area contributed by atoms with Gasteiger partial charge >= 0.3 is 5.97 Å². The first-order valence-corrected chi connectivity index (χ1v) is 10.3. The highest BCUT2D eigenvalue weighted by atomic mass is 16.5. The second kappa shape index (κ2) is 6.19. The molecule has 0 bridgehead atoms. The van der Waals surface area contributed by atoms with Gasteiger partial charge in [-0.15, -0.1) is 0 Å². The summed E-state index contributed by atoms with van der Waals surface area (Å²) >= 11 is 0. The van der Waals surface area contributed by atoms with Crippen molar-refractivity contribution >= 4 is 11.8 Å². The Kier molecular flexibility index (Phi) is 4.33. The number of aliphatic hydroxyl groups is 1. The molecular formula is C22H32O4. The van der Waals surface area contributed by atoms with Crippen molar-refractivity contribution < 1.29 is 19.4 Å². The van der Waals surface area contributed by atoms with E-state index >= 15 is 0 Å². The van der Waals surface area contributed by atoms with Gasteiger partial charge in [0.1, 0.15) is 6.61 Å². The Labute approximate surface area is 156 Å². The summed E-state index contributed by atoms with van der Waals surface area (Å²) in [4.78, 5) is 23.8. The number of rotatable bonds is 2. The van der Waals surface area contributed by atoms with Crippen molar-refractivity contribution in [1.29, 1.82) is 0 Å². The highest BCUT2D eigenvalue weighted by Crippen LogP contribution is 2.66. The largest absolute Gasteiger partial charge is 0.465 e. The summed E-state index contributed by atoms with van der Waals surface area (Å²) in [5.41, 5.74) is 1.10. The third-order valence-electron chi connectivity index (χ3n) is 8.50. The van der Waals surface area contributed by atoms with Crippen LogP contribution in [0.2, 0.25) is 0 Å². The van der Waals surface area contributed by atoms with Gasteiger partial charge in [0, 0.05) is 18.8 Å². The van der Waals surface area contributed by atoms with Gasteiger partial charge in [-0.05, 0) is 73.7 Å². The maximum Gasteiger partial charge on any atom is 0.302 e. The predicted octanol–water partition coefficient (Wildman–Crippen LogP) is 3.67. The van der Waals surface area contributed by atoms with Crippen molar-refractivity contribution in [3.8, 4) is 0 Å². The third kappa shape index (κ3) is 2.51. The van der Waals surface area contributed by atoms with E-state index in [1.165, 1.54) is 12.5 Å². The molecule has 4 aliphatic rings. The lowest BCUT2D eigenvalue weighted by molar-refractivity contribution is -0.151. The van der Waals surface area contributed by atoms with Gasteiger partial charge in [0.15, 0.2) is 5.78 Å². The molecule has 0 amide bonds. The van der Waals surface area contributed by atoms with E-state index in [0.29, 0.717) is 36.7 Å². The van der Waals surface area contributed by atoms with Crippen LogP contribution in [0, 0.1) is 34.5 Å². The molecule has 0 aromatic carbocycles. The van der Waals surface area contributed by atoms with E-state index in [2.05, 4.69) is 13.8 Å². The number of carbonyl (C=O) groups is 2. The number of hydrogen-bond acceptors (Lipinski definition) is 4. The van der Waals surface area contributed by atoms with Crippen LogP contribution in [0.5, 0.6) is 0 Å². The SMILES string of the molecule is CC(=O)OC[C@]12CCC(=O)C=C1[C@@H](C)C[C@@H]1[C@@H]2CC[C@]2(C)[C@@H](O)CC[C@@H]12. The van der Waals surface area contributed by atoms with Gasteiger partial charge in [-0.2, -0.15) is 0 Å². The average Bonchev–Trinajstić information content (AvgIpc) is 2.90. The second-order valence-corrected chi connectivity index (χ2v) is 9.65. The van der Waals surface area contributed by atoms with E-state index in [-0.39, 0.29) is 28.7 Å². The number of fused-ring (bicyclic) bond motifs is 5. The lowest BCUT2D eigenvalue weighted by Gasteiger charge is -2.59. The Morgan fingerprint density at radius 3 is 2.77 bits per heavy atom. The quantitative estimate of drug-likeness (QED) is 0.763. The molecule has 4 heteroatoms. The Morgan fingerprint density at radius 1 is 1.27 bits per heavy atom. The highest BCUT2D eigenvalue weighted by molar-refractivity contribution is 5.91. The number of ether oxygens (including phenoxy) is 1. The number of hydrogen-bond donors (Lipinski definition) is 1. The third-order valence-corrected chi connectivity index (χ3v) is 8.50. The number of aliphatic hydroxyl groups excluding tert-OH is 1. The van der Waals surface area contributed by atoms with Crippen LogP contribution in [0.25, 0.3) is 0 Å². The van der Waals surface area contributed by atoms with Crippen molar-refractivity contribution in [2.24, 2.45) is 34.5 Å². The van der Waals surface area contributed by atoms with Gasteiger partial charge in [-0.25, -0.2) is 0 Å². The van der Waals surface area contributed by atoms with Gasteiger partial charge < -0.3 is 9.84 Å². The van der Waals surface area contributed by atoms with Crippen LogP contribution in [0.3, 0.4) is 0 Å². The zero-order chi connectivity index (χ0) is 18.7. The topological polar surface area (TPSA) is 63.6 Å². The molecule has 3 fully saturated rings. The number of esters is 1. The summed E-state index contributed by atoms with van der Waals surface area (Å²) in [7, 11) is 0. The minimum absolute atomic E-state index is 0.0369. The normalized spacial score (nSPS) is 47.5. The summed E-state index contributed by atoms with van der Waals surface area (Å²) in [6.45, 7) is 6.41. The molecule has 0 aromatic rings. The Morgan fingerprint density at radius 2 is 2.04 bits per heavy atom. The predicted molar refractivity (Wildman–Crippen MR) is 98.2 cm³/mol. The lowest BCUT2D eigenvalue weighted by Crippen LogP contribution is -2.55. The van der Waals surface area contributed by atoms with Crippen LogP contribution in [-0.4, -0.2) is 29.6 Å². The van der Waals surface area contributed by atoms with Gasteiger partial charge in [0.05, 0.1) is 6.10 Å². The van der Waals surface area contributed by atoms with Crippen LogP contribution in [0.4, 0.5) is 0 Å². The van der Waals surface area contributed by atoms with Crippen LogP contribution in [-0.2, 0) is 14.3 Å². The first-order chi connectivity index (χ1) is 12.3. The summed E-state index contributed by atoms with van der Waals surface area (Å²) in [5, 5.41) is 10.6. The minimum Gasteiger partial charge on any atom is -0.465 e. The first kappa shape index (κ1) is 18.2. The zero-order valence-corrected chi connectivity index (χ0v) is 16.3. The van der Waals surface area contributed by atoms with Gasteiger partial charge in [0.25, 0.3) is 0 Å². The van der Waals surface area contributed by atoms with Crippen molar-refractivity contribution in [2.75, 3.05) is 6.61 Å². The van der Waals surface area contributed by atoms with Crippen molar-refractivity contribution in [1.82, 2.24) is 0 Å². The van der Waals surface area contributed by atoms with E-state index in [1.54, 1.807) is 0 Å². The summed E-state index contributed by atoms with van der Waals surface area (Å²) in [5.74, 6) is 1.90. The summed E-state index contributed by atoms with van der Waals surface area (Å²) in [6, 6.07) is 0. The van der Waals surface area contributed by atoms with Crippen molar-refractivity contribution in [2.45, 2.75) is 71.8 Å². The van der Waals surface area contributed by atoms with Crippen molar-refractivity contribution in [3.05, 3.63) is 11.6 Å². The van der Waals surface area contributed by atoms with Crippen LogP contribution in [0.15, 0.2) is 11.6 Å². The monoisotopic (exact) mass is 360 g/mol. The van der Waals surface area contributed by atoms with Crippen LogP contribution >= 0.6 is 0 Å². The molecular weight excluding hydrogens is 328 g/mol. The van der Waals surface area contributed by atoms with E-state index in [1.807, 2.05) is 6.08 Å². The number of carbonyl (C=O) groups excluding carboxylic acids is 2. The molecule has 0 aliphatic heterocycles. The number of ketones is 1. The highest BCUT2D eigenvalue weighted by Gasteiger charge is 2.61. The summed E-state index contributed by atoms with van der Waals surface area (Å²) in [6.07, 6.45) is 8.28. The molecule has 4 aliphatic carbocycles. The second-order valence-electron chi connectivity index (χ2n) is 9.65. The van der Waals surface area contributed by atoms with E-state index < -0.39 is 0 Å². The molecule has 0 saturated heterocycles. The molecule has 0 aromatic heterocycles. The minimum atomic E-state index is -0.234. The van der Waals surface area contributed by atoms with E-state index in [0.717, 1.165) is 38.5 Å². The molecule has 144 valence electrons. The van der Waals surface area contributed by atoms with Gasteiger partial charge in [-0.3, -0.25) is 9.59 Å². The molecule has 0 heterocycles. The van der Waals surface area contributed by atoms with E-state index in [9.17, 15) is 14.7 Å². The maximum absolute atomic E-state index is 12.2. The van der Waals surface area contributed by atoms with Crippen LogP contribution < -0.4 is 0 Å². The Hall–Kier alpha value is -1.16. The fourth-order valence-corrected chi connectivity index (χ4v) is 7.22.